The Morgan fingerprint density at radius 2 is 1.08 bits per heavy atom. The molecule has 0 atom stereocenters. The highest BCUT2D eigenvalue weighted by molar-refractivity contribution is 5.98. The highest BCUT2D eigenvalue weighted by Crippen LogP contribution is 2.61. The molecule has 4 nitrogen and oxygen atoms in total. The van der Waals surface area contributed by atoms with Crippen molar-refractivity contribution in [1.29, 1.82) is 0 Å². The number of benzene rings is 6. The molecule has 7 aromatic rings. The lowest BCUT2D eigenvalue weighted by atomic mass is 9.47. The molecular weight excluding hydrogens is 585 g/mol. The van der Waals surface area contributed by atoms with Gasteiger partial charge < -0.3 is 0 Å². The molecule has 0 spiro atoms. The van der Waals surface area contributed by atoms with Gasteiger partial charge in [-0.3, -0.25) is 0 Å². The number of fused-ring (bicyclic) bond motifs is 3. The predicted molar refractivity (Wildman–Crippen MR) is 195 cm³/mol. The van der Waals surface area contributed by atoms with Crippen molar-refractivity contribution < 1.29 is 0 Å². The monoisotopic (exact) mass is 618 g/mol. The van der Waals surface area contributed by atoms with Gasteiger partial charge in [0.15, 0.2) is 23.2 Å². The van der Waals surface area contributed by atoms with E-state index in [0.717, 1.165) is 50.6 Å². The molecule has 11 rings (SSSR count). The first-order chi connectivity index (χ1) is 23.6. The van der Waals surface area contributed by atoms with E-state index in [1.54, 1.807) is 0 Å². The van der Waals surface area contributed by atoms with Crippen LogP contribution in [0.5, 0.6) is 0 Å². The van der Waals surface area contributed by atoms with Crippen LogP contribution in [0, 0.1) is 24.3 Å². The fourth-order valence-corrected chi connectivity index (χ4v) is 9.92. The van der Waals surface area contributed by atoms with E-state index in [1.165, 1.54) is 60.2 Å². The normalized spacial score (nSPS) is 22.8. The predicted octanol–water partition coefficient (Wildman–Crippen LogP) is 11.4. The minimum absolute atomic E-state index is 0.294. The van der Waals surface area contributed by atoms with E-state index in [2.05, 4.69) is 102 Å². The molecule has 4 saturated carbocycles. The van der Waals surface area contributed by atoms with Gasteiger partial charge in [0.05, 0.1) is 6.57 Å². The Morgan fingerprint density at radius 3 is 1.77 bits per heavy atom. The third kappa shape index (κ3) is 4.45. The van der Waals surface area contributed by atoms with Gasteiger partial charge in [-0.25, -0.2) is 19.8 Å². The molecule has 0 amide bonds. The molecule has 4 bridgehead atoms. The van der Waals surface area contributed by atoms with E-state index in [4.69, 9.17) is 21.5 Å². The lowest BCUT2D eigenvalue weighted by Gasteiger charge is -2.57. The summed E-state index contributed by atoms with van der Waals surface area (Å²) >= 11 is 0. The molecule has 0 unspecified atom stereocenters. The summed E-state index contributed by atoms with van der Waals surface area (Å²) in [4.78, 5) is 19.2. The van der Waals surface area contributed by atoms with Crippen LogP contribution in [0.1, 0.15) is 44.1 Å². The van der Waals surface area contributed by atoms with Crippen molar-refractivity contribution in [2.75, 3.05) is 0 Å². The van der Waals surface area contributed by atoms with Crippen LogP contribution in [-0.4, -0.2) is 15.0 Å². The van der Waals surface area contributed by atoms with Crippen molar-refractivity contribution in [3.8, 4) is 34.2 Å². The first kappa shape index (κ1) is 27.7. The van der Waals surface area contributed by atoms with Crippen LogP contribution >= 0.6 is 0 Å². The average molecular weight is 619 g/mol. The smallest absolute Gasteiger partial charge is 0.187 e. The van der Waals surface area contributed by atoms with Crippen LogP contribution in [0.15, 0.2) is 115 Å². The Hall–Kier alpha value is -5.40. The third-order valence-electron chi connectivity index (χ3n) is 11.6. The number of hydrogen-bond donors (Lipinski definition) is 0. The van der Waals surface area contributed by atoms with Gasteiger partial charge in [0.2, 0.25) is 0 Å². The standard InChI is InChI=1S/C44H34N4/c1-45-36-15-14-31-11-13-34(22-35(31)23-36)42-46-41(33-12-10-30-6-2-3-7-32(30)21-33)47-43(48-42)39-16-17-40(38-9-5-4-8-37(38)39)44-24-27-18-28(25-44)20-29(19-27)26-44/h2-17,21-23,27-29H,18-20,24-26H2. The molecule has 4 heteroatoms. The van der Waals surface area contributed by atoms with Gasteiger partial charge >= 0.3 is 0 Å². The van der Waals surface area contributed by atoms with Crippen LogP contribution in [0.2, 0.25) is 0 Å². The molecule has 0 radical (unpaired) electrons. The van der Waals surface area contributed by atoms with Crippen molar-refractivity contribution in [2.24, 2.45) is 17.8 Å². The molecule has 1 aromatic heterocycles. The van der Waals surface area contributed by atoms with E-state index < -0.39 is 0 Å². The van der Waals surface area contributed by atoms with Crippen molar-refractivity contribution in [3.63, 3.8) is 0 Å². The van der Waals surface area contributed by atoms with Crippen LogP contribution in [0.4, 0.5) is 5.69 Å². The average Bonchev–Trinajstić information content (AvgIpc) is 3.13. The maximum atomic E-state index is 7.53. The van der Waals surface area contributed by atoms with E-state index >= 15 is 0 Å². The molecule has 4 aliphatic carbocycles. The highest BCUT2D eigenvalue weighted by Gasteiger charge is 2.52. The van der Waals surface area contributed by atoms with Crippen LogP contribution in [0.3, 0.4) is 0 Å². The van der Waals surface area contributed by atoms with Gasteiger partial charge in [-0.2, -0.15) is 0 Å². The van der Waals surface area contributed by atoms with E-state index in [9.17, 15) is 0 Å². The Labute approximate surface area is 280 Å². The minimum Gasteiger partial charge on any atom is -0.238 e. The van der Waals surface area contributed by atoms with Gasteiger partial charge in [0, 0.05) is 16.7 Å². The highest BCUT2D eigenvalue weighted by atomic mass is 15.0. The second-order valence-electron chi connectivity index (χ2n) is 14.6. The molecular formula is C44H34N4. The number of nitrogens with zero attached hydrogens (tertiary/aromatic N) is 4. The van der Waals surface area contributed by atoms with Gasteiger partial charge in [-0.05, 0) is 118 Å². The summed E-state index contributed by atoms with van der Waals surface area (Å²) in [6, 6.07) is 40.6. The van der Waals surface area contributed by atoms with Gasteiger partial charge in [0.25, 0.3) is 0 Å². The quantitative estimate of drug-likeness (QED) is 0.184. The molecule has 0 saturated heterocycles. The third-order valence-corrected chi connectivity index (χ3v) is 11.6. The topological polar surface area (TPSA) is 43.0 Å². The van der Waals surface area contributed by atoms with Crippen LogP contribution in [-0.2, 0) is 5.41 Å². The Bertz CT molecular complexity index is 2430. The van der Waals surface area contributed by atoms with Gasteiger partial charge in [-0.15, -0.1) is 0 Å². The zero-order valence-corrected chi connectivity index (χ0v) is 26.7. The second kappa shape index (κ2) is 10.6. The minimum atomic E-state index is 0.294. The molecule has 0 N–H and O–H groups in total. The van der Waals surface area contributed by atoms with Crippen molar-refractivity contribution in [3.05, 3.63) is 132 Å². The van der Waals surface area contributed by atoms with Crippen LogP contribution in [0.25, 0.3) is 71.3 Å². The van der Waals surface area contributed by atoms with Gasteiger partial charge in [0.1, 0.15) is 0 Å². The van der Waals surface area contributed by atoms with Gasteiger partial charge in [-0.1, -0.05) is 97.1 Å². The lowest BCUT2D eigenvalue weighted by Crippen LogP contribution is -2.48. The Morgan fingerprint density at radius 1 is 0.521 bits per heavy atom. The summed E-state index contributed by atoms with van der Waals surface area (Å²) in [7, 11) is 0. The number of rotatable bonds is 4. The van der Waals surface area contributed by atoms with Crippen LogP contribution < -0.4 is 0 Å². The fraction of sp³-hybridized carbons (Fsp3) is 0.227. The first-order valence-corrected chi connectivity index (χ1v) is 17.3. The first-order valence-electron chi connectivity index (χ1n) is 17.3. The SMILES string of the molecule is [C-]#[N+]c1ccc2ccc(-c3nc(-c4ccc5ccccc5c4)nc(-c4ccc(C56CC7CC(CC(C7)C5)C6)c5ccccc45)n3)cc2c1. The molecule has 48 heavy (non-hydrogen) atoms. The van der Waals surface area contributed by atoms with E-state index in [-0.39, 0.29) is 0 Å². The zero-order chi connectivity index (χ0) is 31.8. The maximum absolute atomic E-state index is 7.53. The summed E-state index contributed by atoms with van der Waals surface area (Å²) in [5.74, 6) is 4.64. The van der Waals surface area contributed by atoms with Crippen molar-refractivity contribution in [1.82, 2.24) is 15.0 Å². The number of aromatic nitrogens is 3. The fourth-order valence-electron chi connectivity index (χ4n) is 9.92. The van der Waals surface area contributed by atoms with Crippen molar-refractivity contribution >= 4 is 38.0 Å². The Kier molecular flexibility index (Phi) is 6.09. The van der Waals surface area contributed by atoms with E-state index in [1.807, 2.05) is 18.2 Å². The lowest BCUT2D eigenvalue weighted by molar-refractivity contribution is -0.00449. The largest absolute Gasteiger partial charge is 0.238 e. The van der Waals surface area contributed by atoms with Crippen molar-refractivity contribution in [2.45, 2.75) is 43.9 Å². The number of hydrogen-bond acceptors (Lipinski definition) is 3. The zero-order valence-electron chi connectivity index (χ0n) is 26.7. The Balaban J connectivity index is 1.17. The molecule has 230 valence electrons. The van der Waals surface area contributed by atoms with E-state index in [0.29, 0.717) is 28.6 Å². The summed E-state index contributed by atoms with van der Waals surface area (Å²) < 4.78 is 0. The summed E-state index contributed by atoms with van der Waals surface area (Å²) in [5.41, 5.74) is 5.37. The summed E-state index contributed by atoms with van der Waals surface area (Å²) in [6.07, 6.45) is 8.32. The molecule has 4 fully saturated rings. The summed E-state index contributed by atoms with van der Waals surface area (Å²) in [6.45, 7) is 7.53. The molecule has 0 aliphatic heterocycles. The molecule has 4 aliphatic rings. The molecule has 6 aromatic carbocycles. The second-order valence-corrected chi connectivity index (χ2v) is 14.6. The molecule has 1 heterocycles. The summed E-state index contributed by atoms with van der Waals surface area (Å²) in [5, 5.41) is 6.99. The maximum Gasteiger partial charge on any atom is 0.187 e.